The molecule has 0 aromatic heterocycles. The number of carbonyl (C=O) groups excluding carboxylic acids is 1. The van der Waals surface area contributed by atoms with Crippen molar-refractivity contribution in [3.63, 3.8) is 0 Å². The highest BCUT2D eigenvalue weighted by Crippen LogP contribution is 2.28. The van der Waals surface area contributed by atoms with Crippen LogP contribution in [0, 0.1) is 23.0 Å². The minimum atomic E-state index is -1.04. The van der Waals surface area contributed by atoms with Crippen LogP contribution in [0.2, 0.25) is 0 Å². The van der Waals surface area contributed by atoms with Crippen LogP contribution >= 0.6 is 0 Å². The van der Waals surface area contributed by atoms with Crippen molar-refractivity contribution in [2.24, 2.45) is 5.92 Å². The van der Waals surface area contributed by atoms with Crippen LogP contribution in [-0.2, 0) is 4.79 Å². The average Bonchev–Trinajstić information content (AvgIpc) is 2.80. The minimum Gasteiger partial charge on any atom is -0.480 e. The Morgan fingerprint density at radius 2 is 2.10 bits per heavy atom. The third-order valence-corrected chi connectivity index (χ3v) is 3.88. The first kappa shape index (κ1) is 15.0. The normalized spacial score (nSPS) is 21.3. The van der Waals surface area contributed by atoms with Gasteiger partial charge in [0.15, 0.2) is 0 Å². The molecule has 1 heterocycles. The van der Waals surface area contributed by atoms with Crippen LogP contribution in [0.25, 0.3) is 0 Å². The molecule has 0 aliphatic carbocycles. The van der Waals surface area contributed by atoms with Crippen molar-refractivity contribution in [3.8, 4) is 0 Å². The molecule has 0 bridgehead atoms. The minimum absolute atomic E-state index is 0.134. The molecule has 1 saturated heterocycles. The summed E-state index contributed by atoms with van der Waals surface area (Å²) in [5.74, 6) is -1.64. The maximum atomic E-state index is 12.5. The zero-order chi connectivity index (χ0) is 15.7. The van der Waals surface area contributed by atoms with E-state index in [1.807, 2.05) is 0 Å². The molecular weight excluding hydrogens is 276 g/mol. The monoisotopic (exact) mass is 292 g/mol. The van der Waals surface area contributed by atoms with E-state index in [1.165, 1.54) is 23.1 Å². The standard InChI is InChI=1S/C14H16N2O5/c1-8-3-4-10(16(20)21)7-11(8)13(17)15-6-5-9(2)12(15)14(18)19/h3-4,7,9,12H,5-6H2,1-2H3,(H,18,19). The predicted octanol–water partition coefficient (Wildman–Crippen LogP) is 1.84. The zero-order valence-electron chi connectivity index (χ0n) is 11.8. The third-order valence-electron chi connectivity index (χ3n) is 3.88. The van der Waals surface area contributed by atoms with Gasteiger partial charge in [0.05, 0.1) is 4.92 Å². The van der Waals surface area contributed by atoms with E-state index in [-0.39, 0.29) is 17.2 Å². The Labute approximate surface area is 121 Å². The summed E-state index contributed by atoms with van der Waals surface area (Å²) >= 11 is 0. The Hall–Kier alpha value is -2.44. The van der Waals surface area contributed by atoms with Crippen LogP contribution in [0.1, 0.15) is 29.3 Å². The second-order valence-corrected chi connectivity index (χ2v) is 5.30. The molecule has 1 aliphatic rings. The summed E-state index contributed by atoms with van der Waals surface area (Å²) in [5.41, 5.74) is 0.599. The van der Waals surface area contributed by atoms with Crippen molar-refractivity contribution in [2.75, 3.05) is 6.54 Å². The van der Waals surface area contributed by atoms with Gasteiger partial charge in [0.25, 0.3) is 11.6 Å². The molecule has 1 aromatic rings. The van der Waals surface area contributed by atoms with Crippen molar-refractivity contribution in [3.05, 3.63) is 39.4 Å². The number of hydrogen-bond donors (Lipinski definition) is 1. The van der Waals surface area contributed by atoms with Crippen molar-refractivity contribution in [2.45, 2.75) is 26.3 Å². The van der Waals surface area contributed by atoms with E-state index in [0.29, 0.717) is 18.5 Å². The highest BCUT2D eigenvalue weighted by Gasteiger charge is 2.40. The Morgan fingerprint density at radius 3 is 2.67 bits per heavy atom. The average molecular weight is 292 g/mol. The van der Waals surface area contributed by atoms with Gasteiger partial charge in [0, 0.05) is 24.2 Å². The summed E-state index contributed by atoms with van der Waals surface area (Å²) in [4.78, 5) is 35.4. The number of aliphatic carboxylic acids is 1. The third kappa shape index (κ3) is 2.72. The molecule has 7 heteroatoms. The number of hydrogen-bond acceptors (Lipinski definition) is 4. The topological polar surface area (TPSA) is 101 Å². The molecule has 2 atom stereocenters. The number of nitrogens with zero attached hydrogens (tertiary/aromatic N) is 2. The molecule has 7 nitrogen and oxygen atoms in total. The Morgan fingerprint density at radius 1 is 1.43 bits per heavy atom. The number of carbonyl (C=O) groups is 2. The SMILES string of the molecule is Cc1ccc([N+](=O)[O-])cc1C(=O)N1CCC(C)C1C(=O)O. The number of non-ortho nitro benzene ring substituents is 1. The molecule has 112 valence electrons. The smallest absolute Gasteiger partial charge is 0.326 e. The molecule has 0 radical (unpaired) electrons. The van der Waals surface area contributed by atoms with Crippen molar-refractivity contribution in [1.82, 2.24) is 4.90 Å². The largest absolute Gasteiger partial charge is 0.480 e. The quantitative estimate of drug-likeness (QED) is 0.676. The second-order valence-electron chi connectivity index (χ2n) is 5.30. The van der Waals surface area contributed by atoms with E-state index < -0.39 is 22.8 Å². The maximum absolute atomic E-state index is 12.5. The van der Waals surface area contributed by atoms with Gasteiger partial charge in [-0.2, -0.15) is 0 Å². The fraction of sp³-hybridized carbons (Fsp3) is 0.429. The van der Waals surface area contributed by atoms with E-state index in [4.69, 9.17) is 0 Å². The summed E-state index contributed by atoms with van der Waals surface area (Å²) < 4.78 is 0. The number of aryl methyl sites for hydroxylation is 1. The van der Waals surface area contributed by atoms with Gasteiger partial charge in [-0.25, -0.2) is 4.79 Å². The summed E-state index contributed by atoms with van der Waals surface area (Å²) in [6.45, 7) is 3.80. The molecule has 1 amide bonds. The molecule has 1 aliphatic heterocycles. The van der Waals surface area contributed by atoms with Gasteiger partial charge in [-0.3, -0.25) is 14.9 Å². The number of nitro benzene ring substituents is 1. The lowest BCUT2D eigenvalue weighted by Crippen LogP contribution is -2.43. The molecule has 2 rings (SSSR count). The first-order valence-electron chi connectivity index (χ1n) is 6.61. The summed E-state index contributed by atoms with van der Waals surface area (Å²) in [5, 5.41) is 20.1. The first-order valence-corrected chi connectivity index (χ1v) is 6.61. The Bertz CT molecular complexity index is 613. The van der Waals surface area contributed by atoms with E-state index in [1.54, 1.807) is 13.8 Å². The number of amides is 1. The van der Waals surface area contributed by atoms with Gasteiger partial charge < -0.3 is 10.0 Å². The fourth-order valence-corrected chi connectivity index (χ4v) is 2.66. The lowest BCUT2D eigenvalue weighted by Gasteiger charge is -2.24. The summed E-state index contributed by atoms with van der Waals surface area (Å²) in [6.07, 6.45) is 0.608. The molecule has 1 fully saturated rings. The van der Waals surface area contributed by atoms with E-state index in [2.05, 4.69) is 0 Å². The van der Waals surface area contributed by atoms with Gasteiger partial charge in [-0.05, 0) is 24.8 Å². The van der Waals surface area contributed by atoms with E-state index in [0.717, 1.165) is 0 Å². The number of likely N-dealkylation sites (tertiary alicyclic amines) is 1. The Kier molecular flexibility index (Phi) is 3.93. The van der Waals surface area contributed by atoms with Crippen LogP contribution in [0.5, 0.6) is 0 Å². The highest BCUT2D eigenvalue weighted by molar-refractivity contribution is 5.98. The molecule has 2 unspecified atom stereocenters. The summed E-state index contributed by atoms with van der Waals surface area (Å²) in [7, 11) is 0. The van der Waals surface area contributed by atoms with E-state index >= 15 is 0 Å². The molecule has 0 spiro atoms. The van der Waals surface area contributed by atoms with Gasteiger partial charge >= 0.3 is 5.97 Å². The Balaban J connectivity index is 2.38. The van der Waals surface area contributed by atoms with E-state index in [9.17, 15) is 24.8 Å². The lowest BCUT2D eigenvalue weighted by molar-refractivity contribution is -0.384. The van der Waals surface area contributed by atoms with Crippen LogP contribution in [0.3, 0.4) is 0 Å². The molecular formula is C14H16N2O5. The molecule has 1 aromatic carbocycles. The van der Waals surface area contributed by atoms with Gasteiger partial charge in [0.1, 0.15) is 6.04 Å². The van der Waals surface area contributed by atoms with Crippen molar-refractivity contribution in [1.29, 1.82) is 0 Å². The molecule has 0 saturated carbocycles. The number of nitro groups is 1. The number of benzene rings is 1. The number of rotatable bonds is 3. The van der Waals surface area contributed by atoms with Crippen LogP contribution in [-0.4, -0.2) is 39.4 Å². The van der Waals surface area contributed by atoms with Gasteiger partial charge in [-0.15, -0.1) is 0 Å². The highest BCUT2D eigenvalue weighted by atomic mass is 16.6. The first-order chi connectivity index (χ1) is 9.82. The predicted molar refractivity (Wildman–Crippen MR) is 74.1 cm³/mol. The van der Waals surface area contributed by atoms with Crippen molar-refractivity contribution < 1.29 is 19.6 Å². The summed E-state index contributed by atoms with van der Waals surface area (Å²) in [6, 6.07) is 3.16. The molecule has 21 heavy (non-hydrogen) atoms. The zero-order valence-corrected chi connectivity index (χ0v) is 11.8. The van der Waals surface area contributed by atoms with Gasteiger partial charge in [0.2, 0.25) is 0 Å². The number of carboxylic acids is 1. The van der Waals surface area contributed by atoms with Crippen LogP contribution in [0.4, 0.5) is 5.69 Å². The van der Waals surface area contributed by atoms with Crippen LogP contribution in [0.15, 0.2) is 18.2 Å². The lowest BCUT2D eigenvalue weighted by atomic mass is 10.0. The van der Waals surface area contributed by atoms with Gasteiger partial charge in [-0.1, -0.05) is 13.0 Å². The van der Waals surface area contributed by atoms with Crippen molar-refractivity contribution >= 4 is 17.6 Å². The number of carboxylic acid groups (broad SMARTS) is 1. The molecule has 1 N–H and O–H groups in total. The van der Waals surface area contributed by atoms with Crippen LogP contribution < -0.4 is 0 Å². The fourth-order valence-electron chi connectivity index (χ4n) is 2.66. The maximum Gasteiger partial charge on any atom is 0.326 e. The second kappa shape index (κ2) is 5.51.